The lowest BCUT2D eigenvalue weighted by molar-refractivity contribution is -0.125. The molecular weight excluding hydrogens is 264 g/mol. The van der Waals surface area contributed by atoms with Crippen LogP contribution in [0.3, 0.4) is 0 Å². The maximum Gasteiger partial charge on any atom is 0.234 e. The van der Waals surface area contributed by atoms with Crippen molar-refractivity contribution in [3.05, 3.63) is 47.6 Å². The van der Waals surface area contributed by atoms with Gasteiger partial charge < -0.3 is 4.52 Å². The van der Waals surface area contributed by atoms with Crippen molar-refractivity contribution in [3.8, 4) is 0 Å². The van der Waals surface area contributed by atoms with Gasteiger partial charge in [0.15, 0.2) is 5.82 Å². The number of aromatic nitrogens is 2. The molecule has 0 aliphatic rings. The highest BCUT2D eigenvalue weighted by molar-refractivity contribution is 5.84. The summed E-state index contributed by atoms with van der Waals surface area (Å²) >= 11 is 0. The minimum absolute atomic E-state index is 0.0928. The van der Waals surface area contributed by atoms with Crippen molar-refractivity contribution in [2.75, 3.05) is 0 Å². The Balaban J connectivity index is 2.22. The number of nitrogens with zero attached hydrogens (tertiary/aromatic N) is 2. The van der Waals surface area contributed by atoms with Gasteiger partial charge in [0.05, 0.1) is 11.8 Å². The second-order valence-corrected chi connectivity index (χ2v) is 6.85. The molecule has 112 valence electrons. The van der Waals surface area contributed by atoms with E-state index in [1.54, 1.807) is 0 Å². The van der Waals surface area contributed by atoms with Crippen LogP contribution in [0.4, 0.5) is 0 Å². The number of carbonyl (C=O) groups is 1. The van der Waals surface area contributed by atoms with Crippen LogP contribution in [0, 0.1) is 5.41 Å². The zero-order valence-electron chi connectivity index (χ0n) is 13.3. The lowest BCUT2D eigenvalue weighted by Crippen LogP contribution is -2.23. The van der Waals surface area contributed by atoms with Crippen molar-refractivity contribution in [1.29, 1.82) is 0 Å². The Morgan fingerprint density at radius 2 is 1.71 bits per heavy atom. The zero-order valence-corrected chi connectivity index (χ0v) is 13.3. The van der Waals surface area contributed by atoms with E-state index in [0.717, 1.165) is 5.56 Å². The van der Waals surface area contributed by atoms with E-state index in [0.29, 0.717) is 11.7 Å². The Morgan fingerprint density at radius 1 is 1.10 bits per heavy atom. The number of hydrogen-bond acceptors (Lipinski definition) is 4. The topological polar surface area (TPSA) is 56.0 Å². The highest BCUT2D eigenvalue weighted by atomic mass is 16.5. The van der Waals surface area contributed by atoms with Crippen LogP contribution in [0.2, 0.25) is 0 Å². The van der Waals surface area contributed by atoms with Gasteiger partial charge in [0.2, 0.25) is 5.89 Å². The molecule has 0 amide bonds. The highest BCUT2D eigenvalue weighted by Crippen LogP contribution is 2.29. The predicted molar refractivity (Wildman–Crippen MR) is 81.0 cm³/mol. The van der Waals surface area contributed by atoms with Crippen LogP contribution in [0.25, 0.3) is 0 Å². The fourth-order valence-electron chi connectivity index (χ4n) is 1.97. The van der Waals surface area contributed by atoms with Gasteiger partial charge in [0.1, 0.15) is 5.78 Å². The van der Waals surface area contributed by atoms with E-state index >= 15 is 0 Å². The Bertz CT molecular complexity index is 622. The largest absolute Gasteiger partial charge is 0.339 e. The van der Waals surface area contributed by atoms with Gasteiger partial charge in [-0.25, -0.2) is 0 Å². The summed E-state index contributed by atoms with van der Waals surface area (Å²) < 4.78 is 5.26. The van der Waals surface area contributed by atoms with E-state index in [-0.39, 0.29) is 17.6 Å². The summed E-state index contributed by atoms with van der Waals surface area (Å²) in [5, 5.41) is 4.06. The van der Waals surface area contributed by atoms with E-state index < -0.39 is 5.41 Å². The normalized spacial score (nSPS) is 12.4. The lowest BCUT2D eigenvalue weighted by atomic mass is 9.84. The minimum atomic E-state index is -0.399. The molecule has 0 unspecified atom stereocenters. The van der Waals surface area contributed by atoms with Crippen LogP contribution in [-0.2, 0) is 16.6 Å². The molecule has 0 spiro atoms. The first-order valence-corrected chi connectivity index (χ1v) is 7.13. The number of carbonyl (C=O) groups excluding carboxylic acids is 1. The Labute approximate surface area is 125 Å². The van der Waals surface area contributed by atoms with Gasteiger partial charge in [-0.1, -0.05) is 56.3 Å². The van der Waals surface area contributed by atoms with Crippen molar-refractivity contribution in [2.45, 2.75) is 46.5 Å². The fourth-order valence-corrected chi connectivity index (χ4v) is 1.97. The Morgan fingerprint density at radius 3 is 2.29 bits per heavy atom. The van der Waals surface area contributed by atoms with E-state index in [2.05, 4.69) is 10.1 Å². The molecule has 0 fully saturated rings. The third kappa shape index (κ3) is 3.38. The Kier molecular flexibility index (Phi) is 3.99. The fraction of sp³-hybridized carbons (Fsp3) is 0.471. The number of Topliss-reactive ketones (excluding diaryl/α,β-unsaturated/α-hetero) is 1. The van der Waals surface area contributed by atoms with Crippen molar-refractivity contribution in [1.82, 2.24) is 10.1 Å². The summed E-state index contributed by atoms with van der Waals surface area (Å²) in [6.07, 6.45) is 0.182. The molecule has 0 saturated heterocycles. The summed E-state index contributed by atoms with van der Waals surface area (Å²) in [6.45, 7) is 9.76. The summed E-state index contributed by atoms with van der Waals surface area (Å²) in [4.78, 5) is 16.4. The molecule has 0 aliphatic heterocycles. The van der Waals surface area contributed by atoms with Crippen molar-refractivity contribution in [3.63, 3.8) is 0 Å². The first kappa shape index (κ1) is 15.4. The van der Waals surface area contributed by atoms with Gasteiger partial charge in [0.25, 0.3) is 0 Å². The third-order valence-corrected chi connectivity index (χ3v) is 3.67. The average molecular weight is 286 g/mol. The number of benzene rings is 1. The second-order valence-electron chi connectivity index (χ2n) is 6.85. The molecule has 4 nitrogen and oxygen atoms in total. The van der Waals surface area contributed by atoms with Crippen LogP contribution in [0.1, 0.15) is 51.9 Å². The standard InChI is InChI=1S/C17H22N2O2/c1-16(2,3)13(20)11-14-18-15(19-21-14)17(4,5)12-9-7-6-8-10-12/h6-10H,11H2,1-5H3. The van der Waals surface area contributed by atoms with Crippen LogP contribution < -0.4 is 0 Å². The quantitative estimate of drug-likeness (QED) is 0.862. The molecule has 2 aromatic rings. The van der Waals surface area contributed by atoms with Gasteiger partial charge in [-0.2, -0.15) is 4.98 Å². The molecule has 1 aromatic heterocycles. The van der Waals surface area contributed by atoms with E-state index in [4.69, 9.17) is 4.52 Å². The summed E-state index contributed by atoms with van der Waals surface area (Å²) in [5.41, 5.74) is 0.358. The van der Waals surface area contributed by atoms with Gasteiger partial charge in [0, 0.05) is 5.41 Å². The average Bonchev–Trinajstić information content (AvgIpc) is 2.88. The second kappa shape index (κ2) is 5.43. The SMILES string of the molecule is CC(C)(C)C(=O)Cc1nc(C(C)(C)c2ccccc2)no1. The maximum atomic E-state index is 12.0. The van der Waals surface area contributed by atoms with Crippen molar-refractivity contribution < 1.29 is 9.32 Å². The van der Waals surface area contributed by atoms with Gasteiger partial charge in [-0.3, -0.25) is 4.79 Å². The molecule has 0 bridgehead atoms. The van der Waals surface area contributed by atoms with E-state index in [1.165, 1.54) is 0 Å². The summed E-state index contributed by atoms with van der Waals surface area (Å²) in [7, 11) is 0. The summed E-state index contributed by atoms with van der Waals surface area (Å²) in [5.74, 6) is 1.08. The highest BCUT2D eigenvalue weighted by Gasteiger charge is 2.30. The lowest BCUT2D eigenvalue weighted by Gasteiger charge is -2.20. The van der Waals surface area contributed by atoms with Crippen LogP contribution >= 0.6 is 0 Å². The third-order valence-electron chi connectivity index (χ3n) is 3.67. The number of rotatable bonds is 4. The molecule has 1 heterocycles. The van der Waals surface area contributed by atoms with Crippen molar-refractivity contribution in [2.24, 2.45) is 5.41 Å². The summed E-state index contributed by atoms with van der Waals surface area (Å²) in [6, 6.07) is 10.0. The molecule has 2 rings (SSSR count). The first-order valence-electron chi connectivity index (χ1n) is 7.13. The molecule has 0 atom stereocenters. The number of ketones is 1. The zero-order chi connectivity index (χ0) is 15.7. The molecule has 1 aromatic carbocycles. The van der Waals surface area contributed by atoms with Crippen LogP contribution in [0.5, 0.6) is 0 Å². The molecular formula is C17H22N2O2. The molecule has 0 aliphatic carbocycles. The minimum Gasteiger partial charge on any atom is -0.339 e. The first-order chi connectivity index (χ1) is 9.71. The Hall–Kier alpha value is -1.97. The predicted octanol–water partition coefficient (Wildman–Crippen LogP) is 3.55. The van der Waals surface area contributed by atoms with Crippen LogP contribution in [0.15, 0.2) is 34.9 Å². The molecule has 21 heavy (non-hydrogen) atoms. The molecule has 0 saturated carbocycles. The van der Waals surface area contributed by atoms with Crippen LogP contribution in [-0.4, -0.2) is 15.9 Å². The maximum absolute atomic E-state index is 12.0. The smallest absolute Gasteiger partial charge is 0.234 e. The molecule has 4 heteroatoms. The monoisotopic (exact) mass is 286 g/mol. The molecule has 0 radical (unpaired) electrons. The van der Waals surface area contributed by atoms with Gasteiger partial charge >= 0.3 is 0 Å². The van der Waals surface area contributed by atoms with Gasteiger partial charge in [-0.05, 0) is 19.4 Å². The van der Waals surface area contributed by atoms with E-state index in [9.17, 15) is 4.79 Å². The van der Waals surface area contributed by atoms with E-state index in [1.807, 2.05) is 65.0 Å². The number of hydrogen-bond donors (Lipinski definition) is 0. The molecule has 0 N–H and O–H groups in total. The van der Waals surface area contributed by atoms with Gasteiger partial charge in [-0.15, -0.1) is 0 Å². The van der Waals surface area contributed by atoms with Crippen molar-refractivity contribution >= 4 is 5.78 Å².